The van der Waals surface area contributed by atoms with E-state index in [0.717, 1.165) is 11.6 Å². The van der Waals surface area contributed by atoms with Gasteiger partial charge < -0.3 is 9.64 Å². The Labute approximate surface area is 141 Å². The van der Waals surface area contributed by atoms with Crippen molar-refractivity contribution in [2.24, 2.45) is 0 Å². The minimum absolute atomic E-state index is 0.0133. The van der Waals surface area contributed by atoms with Crippen LogP contribution in [0, 0.1) is 25.2 Å². The first-order chi connectivity index (χ1) is 11.0. The van der Waals surface area contributed by atoms with Gasteiger partial charge in [0.05, 0.1) is 17.3 Å². The van der Waals surface area contributed by atoms with Crippen molar-refractivity contribution in [3.8, 4) is 6.07 Å². The van der Waals surface area contributed by atoms with Gasteiger partial charge in [0, 0.05) is 11.4 Å². The molecule has 2 rings (SSSR count). The van der Waals surface area contributed by atoms with Crippen molar-refractivity contribution >= 4 is 23.4 Å². The van der Waals surface area contributed by atoms with Crippen LogP contribution < -0.4 is 4.90 Å². The SMILES string of the molecule is CCOC(=O)/C(C#N)=C/C=C1/Sc2cc(C)c(C)cc2N1CC. The van der Waals surface area contributed by atoms with Crippen LogP contribution in [0.3, 0.4) is 0 Å². The van der Waals surface area contributed by atoms with Crippen molar-refractivity contribution in [2.45, 2.75) is 32.6 Å². The average Bonchev–Trinajstić information content (AvgIpc) is 2.85. The average molecular weight is 328 g/mol. The number of allylic oxidation sites excluding steroid dienone is 2. The van der Waals surface area contributed by atoms with Gasteiger partial charge in [-0.05, 0) is 63.1 Å². The third kappa shape index (κ3) is 3.59. The summed E-state index contributed by atoms with van der Waals surface area (Å²) in [6, 6.07) is 6.26. The highest BCUT2D eigenvalue weighted by molar-refractivity contribution is 8.03. The lowest BCUT2D eigenvalue weighted by Gasteiger charge is -2.18. The summed E-state index contributed by atoms with van der Waals surface area (Å²) in [4.78, 5) is 15.1. The van der Waals surface area contributed by atoms with E-state index >= 15 is 0 Å². The van der Waals surface area contributed by atoms with Crippen LogP contribution in [0.5, 0.6) is 0 Å². The number of esters is 1. The zero-order valence-electron chi connectivity index (χ0n) is 13.8. The second-order valence-corrected chi connectivity index (χ2v) is 6.23. The Morgan fingerprint density at radius 2 is 2.04 bits per heavy atom. The second kappa shape index (κ2) is 7.38. The number of thioether (sulfide) groups is 1. The van der Waals surface area contributed by atoms with E-state index in [2.05, 4.69) is 37.8 Å². The van der Waals surface area contributed by atoms with Gasteiger partial charge in [0.2, 0.25) is 0 Å². The largest absolute Gasteiger partial charge is 0.462 e. The first-order valence-electron chi connectivity index (χ1n) is 7.57. The molecule has 0 amide bonds. The predicted molar refractivity (Wildman–Crippen MR) is 93.2 cm³/mol. The van der Waals surface area contributed by atoms with E-state index in [0.29, 0.717) is 0 Å². The first-order valence-corrected chi connectivity index (χ1v) is 8.39. The molecule has 1 heterocycles. The summed E-state index contributed by atoms with van der Waals surface area (Å²) < 4.78 is 4.88. The number of hydrogen-bond acceptors (Lipinski definition) is 5. The highest BCUT2D eigenvalue weighted by Gasteiger charge is 2.24. The molecule has 0 N–H and O–H groups in total. The van der Waals surface area contributed by atoms with E-state index in [1.165, 1.54) is 27.8 Å². The molecule has 5 heteroatoms. The van der Waals surface area contributed by atoms with Gasteiger partial charge in [0.15, 0.2) is 0 Å². The third-order valence-electron chi connectivity index (χ3n) is 3.67. The molecule has 0 bridgehead atoms. The van der Waals surface area contributed by atoms with Crippen LogP contribution in [-0.4, -0.2) is 19.1 Å². The Bertz CT molecular complexity index is 729. The quantitative estimate of drug-likeness (QED) is 0.473. The highest BCUT2D eigenvalue weighted by atomic mass is 32.2. The van der Waals surface area contributed by atoms with E-state index in [4.69, 9.17) is 10.00 Å². The molecule has 1 aliphatic heterocycles. The summed E-state index contributed by atoms with van der Waals surface area (Å²) in [6.07, 6.45) is 3.35. The molecule has 23 heavy (non-hydrogen) atoms. The molecular weight excluding hydrogens is 308 g/mol. The number of nitrogens with zero attached hydrogens (tertiary/aromatic N) is 2. The van der Waals surface area contributed by atoms with Crippen LogP contribution >= 0.6 is 11.8 Å². The van der Waals surface area contributed by atoms with Gasteiger partial charge in [-0.1, -0.05) is 11.8 Å². The Balaban J connectivity index is 2.34. The molecule has 0 aliphatic carbocycles. The van der Waals surface area contributed by atoms with Crippen molar-refractivity contribution in [3.05, 3.63) is 46.0 Å². The molecule has 0 saturated heterocycles. The van der Waals surface area contributed by atoms with E-state index < -0.39 is 5.97 Å². The molecule has 0 aromatic heterocycles. The minimum atomic E-state index is -0.581. The fourth-order valence-electron chi connectivity index (χ4n) is 2.32. The van der Waals surface area contributed by atoms with Crippen LogP contribution in [-0.2, 0) is 9.53 Å². The number of fused-ring (bicyclic) bond motifs is 1. The predicted octanol–water partition coefficient (Wildman–Crippen LogP) is 4.09. The molecule has 1 aromatic rings. The molecule has 4 nitrogen and oxygen atoms in total. The summed E-state index contributed by atoms with van der Waals surface area (Å²) in [5.41, 5.74) is 3.70. The van der Waals surface area contributed by atoms with Crippen LogP contribution in [0.1, 0.15) is 25.0 Å². The van der Waals surface area contributed by atoms with Gasteiger partial charge >= 0.3 is 5.97 Å². The molecule has 0 saturated carbocycles. The smallest absolute Gasteiger partial charge is 0.348 e. The molecule has 0 atom stereocenters. The van der Waals surface area contributed by atoms with Gasteiger partial charge in [-0.25, -0.2) is 4.79 Å². The number of benzene rings is 1. The van der Waals surface area contributed by atoms with Crippen molar-refractivity contribution in [2.75, 3.05) is 18.1 Å². The lowest BCUT2D eigenvalue weighted by molar-refractivity contribution is -0.138. The Kier molecular flexibility index (Phi) is 5.51. The summed E-state index contributed by atoms with van der Waals surface area (Å²) in [5.74, 6) is -0.581. The van der Waals surface area contributed by atoms with Crippen molar-refractivity contribution in [1.82, 2.24) is 0 Å². The Hall–Kier alpha value is -2.19. The second-order valence-electron chi connectivity index (χ2n) is 5.17. The summed E-state index contributed by atoms with van der Waals surface area (Å²) in [5, 5.41) is 10.1. The van der Waals surface area contributed by atoms with E-state index in [9.17, 15) is 4.79 Å². The van der Waals surface area contributed by atoms with Crippen molar-refractivity contribution in [3.63, 3.8) is 0 Å². The van der Waals surface area contributed by atoms with Crippen LogP contribution in [0.15, 0.2) is 39.8 Å². The lowest BCUT2D eigenvalue weighted by Crippen LogP contribution is -2.16. The Morgan fingerprint density at radius 1 is 1.35 bits per heavy atom. The number of hydrogen-bond donors (Lipinski definition) is 0. The monoisotopic (exact) mass is 328 g/mol. The number of ether oxygens (including phenoxy) is 1. The van der Waals surface area contributed by atoms with Gasteiger partial charge in [0.1, 0.15) is 11.6 Å². The summed E-state index contributed by atoms with van der Waals surface area (Å²) >= 11 is 1.65. The number of nitriles is 1. The first kappa shape index (κ1) is 17.2. The van der Waals surface area contributed by atoms with Crippen molar-refractivity contribution in [1.29, 1.82) is 5.26 Å². The number of rotatable bonds is 4. The van der Waals surface area contributed by atoms with Gasteiger partial charge in [0.25, 0.3) is 0 Å². The molecule has 0 spiro atoms. The minimum Gasteiger partial charge on any atom is -0.462 e. The molecule has 0 radical (unpaired) electrons. The van der Waals surface area contributed by atoms with E-state index in [1.54, 1.807) is 18.7 Å². The maximum absolute atomic E-state index is 11.7. The zero-order valence-corrected chi connectivity index (χ0v) is 14.7. The van der Waals surface area contributed by atoms with Gasteiger partial charge in [-0.2, -0.15) is 5.26 Å². The zero-order chi connectivity index (χ0) is 17.0. The Morgan fingerprint density at radius 3 is 2.65 bits per heavy atom. The number of carbonyl (C=O) groups is 1. The summed E-state index contributed by atoms with van der Waals surface area (Å²) in [6.45, 7) is 9.09. The fourth-order valence-corrected chi connectivity index (χ4v) is 3.53. The van der Waals surface area contributed by atoms with E-state index in [1.807, 2.05) is 12.1 Å². The van der Waals surface area contributed by atoms with Crippen LogP contribution in [0.2, 0.25) is 0 Å². The standard InChI is InChI=1S/C18H20N2O2S/c1-5-20-15-9-12(3)13(4)10-16(15)23-17(20)8-7-14(11-19)18(21)22-6-2/h7-10H,5-6H2,1-4H3/b14-7+,17-8+. The molecular formula is C18H20N2O2S. The topological polar surface area (TPSA) is 53.3 Å². The molecule has 0 unspecified atom stereocenters. The van der Waals surface area contributed by atoms with Crippen LogP contribution in [0.4, 0.5) is 5.69 Å². The van der Waals surface area contributed by atoms with Crippen LogP contribution in [0.25, 0.3) is 0 Å². The maximum Gasteiger partial charge on any atom is 0.348 e. The normalized spacial score (nSPS) is 15.5. The molecule has 120 valence electrons. The maximum atomic E-state index is 11.7. The molecule has 1 aromatic carbocycles. The van der Waals surface area contributed by atoms with E-state index in [-0.39, 0.29) is 12.2 Å². The molecule has 0 fully saturated rings. The highest BCUT2D eigenvalue weighted by Crippen LogP contribution is 2.46. The fraction of sp³-hybridized carbons (Fsp3) is 0.333. The van der Waals surface area contributed by atoms with Gasteiger partial charge in [-0.15, -0.1) is 0 Å². The third-order valence-corrected chi connectivity index (χ3v) is 4.78. The number of aryl methyl sites for hydroxylation is 2. The van der Waals surface area contributed by atoms with Crippen molar-refractivity contribution < 1.29 is 9.53 Å². The van der Waals surface area contributed by atoms with Gasteiger partial charge in [-0.3, -0.25) is 0 Å². The lowest BCUT2D eigenvalue weighted by atomic mass is 10.1. The summed E-state index contributed by atoms with van der Waals surface area (Å²) in [7, 11) is 0. The number of anilines is 1. The molecule has 1 aliphatic rings. The number of carbonyl (C=O) groups excluding carboxylic acids is 1.